The summed E-state index contributed by atoms with van der Waals surface area (Å²) in [6, 6.07) is 2.85. The van der Waals surface area contributed by atoms with Crippen LogP contribution in [0.25, 0.3) is 0 Å². The molecule has 2 atom stereocenters. The summed E-state index contributed by atoms with van der Waals surface area (Å²) in [6.07, 6.45) is 1.03. The van der Waals surface area contributed by atoms with E-state index in [1.807, 2.05) is 6.92 Å². The van der Waals surface area contributed by atoms with Crippen molar-refractivity contribution in [3.63, 3.8) is 0 Å². The highest BCUT2D eigenvalue weighted by molar-refractivity contribution is 7.89. The highest BCUT2D eigenvalue weighted by Crippen LogP contribution is 2.36. The molecule has 0 bridgehead atoms. The number of ether oxygens (including phenoxy) is 1. The number of hydrogen-bond acceptors (Lipinski definition) is 3. The third kappa shape index (κ3) is 3.70. The van der Waals surface area contributed by atoms with Crippen LogP contribution in [0.1, 0.15) is 27.2 Å². The lowest BCUT2D eigenvalue weighted by Gasteiger charge is -2.34. The van der Waals surface area contributed by atoms with Gasteiger partial charge in [0.1, 0.15) is 10.6 Å². The third-order valence-electron chi connectivity index (χ3n) is 3.74. The van der Waals surface area contributed by atoms with Gasteiger partial charge in [-0.15, -0.1) is 0 Å². The summed E-state index contributed by atoms with van der Waals surface area (Å²) < 4.78 is 32.6. The molecule has 0 radical (unpaired) electrons. The van der Waals surface area contributed by atoms with Gasteiger partial charge in [-0.05, 0) is 31.2 Å². The molecule has 1 heterocycles. The van der Waals surface area contributed by atoms with Crippen LogP contribution >= 0.6 is 23.2 Å². The molecule has 1 aliphatic heterocycles. The summed E-state index contributed by atoms with van der Waals surface area (Å²) in [6.45, 7) is 7.40. The molecular weight excluding hydrogens is 345 g/mol. The first-order valence-electron chi connectivity index (χ1n) is 7.37. The lowest BCUT2D eigenvalue weighted by molar-refractivity contribution is 0.222. The van der Waals surface area contributed by atoms with Crippen LogP contribution < -0.4 is 4.74 Å². The number of halogens is 2. The van der Waals surface area contributed by atoms with E-state index in [1.165, 1.54) is 16.4 Å². The van der Waals surface area contributed by atoms with Gasteiger partial charge in [0.2, 0.25) is 10.0 Å². The Labute approximate surface area is 142 Å². The molecule has 1 saturated heterocycles. The Hall–Kier alpha value is -0.490. The number of nitrogens with zero attached hydrogens (tertiary/aromatic N) is 1. The van der Waals surface area contributed by atoms with Crippen molar-refractivity contribution < 1.29 is 13.2 Å². The lowest BCUT2D eigenvalue weighted by atomic mass is 9.94. The fourth-order valence-corrected chi connectivity index (χ4v) is 5.40. The molecule has 0 aromatic heterocycles. The monoisotopic (exact) mass is 365 g/mol. The van der Waals surface area contributed by atoms with Crippen LogP contribution in [0, 0.1) is 11.8 Å². The first-order valence-corrected chi connectivity index (χ1v) is 9.57. The van der Waals surface area contributed by atoms with Crippen molar-refractivity contribution in [2.75, 3.05) is 19.7 Å². The first-order chi connectivity index (χ1) is 10.3. The molecule has 1 aromatic carbocycles. The Balaban J connectivity index is 2.39. The second-order valence-electron chi connectivity index (χ2n) is 5.91. The van der Waals surface area contributed by atoms with E-state index in [0.717, 1.165) is 6.42 Å². The maximum atomic E-state index is 12.9. The van der Waals surface area contributed by atoms with Crippen LogP contribution in [-0.4, -0.2) is 32.4 Å². The van der Waals surface area contributed by atoms with Gasteiger partial charge in [0.05, 0.1) is 16.7 Å². The minimum absolute atomic E-state index is 0.0453. The van der Waals surface area contributed by atoms with Gasteiger partial charge in [0, 0.05) is 19.2 Å². The number of piperidine rings is 1. The Morgan fingerprint density at radius 2 is 1.77 bits per heavy atom. The molecule has 0 amide bonds. The molecular formula is C15H21Cl2NO3S. The molecule has 7 heteroatoms. The van der Waals surface area contributed by atoms with Gasteiger partial charge in [-0.2, -0.15) is 4.31 Å². The summed E-state index contributed by atoms with van der Waals surface area (Å²) in [5, 5.41) is 0.390. The molecule has 124 valence electrons. The highest BCUT2D eigenvalue weighted by Gasteiger charge is 2.33. The van der Waals surface area contributed by atoms with Crippen LogP contribution in [0.4, 0.5) is 0 Å². The molecule has 1 aromatic rings. The lowest BCUT2D eigenvalue weighted by Crippen LogP contribution is -2.42. The predicted molar refractivity (Wildman–Crippen MR) is 89.3 cm³/mol. The fourth-order valence-electron chi connectivity index (χ4n) is 2.92. The number of benzene rings is 1. The molecule has 0 spiro atoms. The molecule has 0 aliphatic carbocycles. The van der Waals surface area contributed by atoms with E-state index < -0.39 is 10.0 Å². The number of sulfonamides is 1. The smallest absolute Gasteiger partial charge is 0.244 e. The fraction of sp³-hybridized carbons (Fsp3) is 0.600. The van der Waals surface area contributed by atoms with E-state index in [9.17, 15) is 8.42 Å². The Morgan fingerprint density at radius 3 is 2.32 bits per heavy atom. The van der Waals surface area contributed by atoms with Gasteiger partial charge in [-0.25, -0.2) is 8.42 Å². The third-order valence-corrected chi connectivity index (χ3v) is 6.33. The zero-order chi connectivity index (χ0) is 16.5. The quantitative estimate of drug-likeness (QED) is 0.807. The molecule has 1 aliphatic rings. The van der Waals surface area contributed by atoms with Crippen molar-refractivity contribution in [3.8, 4) is 5.75 Å². The maximum absolute atomic E-state index is 12.9. The van der Waals surface area contributed by atoms with Crippen molar-refractivity contribution in [2.24, 2.45) is 11.8 Å². The van der Waals surface area contributed by atoms with Gasteiger partial charge in [0.15, 0.2) is 0 Å². The van der Waals surface area contributed by atoms with E-state index >= 15 is 0 Å². The van der Waals surface area contributed by atoms with Gasteiger partial charge in [0.25, 0.3) is 0 Å². The predicted octanol–water partition coefficient (Wildman–Crippen LogP) is 4.06. The Morgan fingerprint density at radius 1 is 1.18 bits per heavy atom. The number of rotatable bonds is 4. The average Bonchev–Trinajstić information content (AvgIpc) is 2.41. The van der Waals surface area contributed by atoms with Gasteiger partial charge >= 0.3 is 0 Å². The highest BCUT2D eigenvalue weighted by atomic mass is 35.5. The van der Waals surface area contributed by atoms with E-state index in [-0.39, 0.29) is 14.9 Å². The van der Waals surface area contributed by atoms with Gasteiger partial charge in [-0.3, -0.25) is 0 Å². The van der Waals surface area contributed by atoms with E-state index in [2.05, 4.69) is 13.8 Å². The summed E-state index contributed by atoms with van der Waals surface area (Å²) in [5.74, 6) is 1.06. The van der Waals surface area contributed by atoms with Crippen molar-refractivity contribution in [2.45, 2.75) is 32.1 Å². The molecule has 2 rings (SSSR count). The van der Waals surface area contributed by atoms with E-state index in [4.69, 9.17) is 27.9 Å². The average molecular weight is 366 g/mol. The van der Waals surface area contributed by atoms with Crippen LogP contribution in [0.5, 0.6) is 5.75 Å². The van der Waals surface area contributed by atoms with Crippen molar-refractivity contribution in [3.05, 3.63) is 22.2 Å². The molecule has 2 unspecified atom stereocenters. The molecule has 1 fully saturated rings. The van der Waals surface area contributed by atoms with E-state index in [0.29, 0.717) is 37.3 Å². The van der Waals surface area contributed by atoms with Gasteiger partial charge < -0.3 is 4.74 Å². The summed E-state index contributed by atoms with van der Waals surface area (Å²) in [7, 11) is -3.65. The number of hydrogen-bond donors (Lipinski definition) is 0. The van der Waals surface area contributed by atoms with Crippen LogP contribution in [0.3, 0.4) is 0 Å². The van der Waals surface area contributed by atoms with Crippen molar-refractivity contribution in [1.82, 2.24) is 4.31 Å². The van der Waals surface area contributed by atoms with Gasteiger partial charge in [-0.1, -0.05) is 37.0 Å². The molecule has 4 nitrogen and oxygen atoms in total. The minimum Gasteiger partial charge on any atom is -0.492 e. The van der Waals surface area contributed by atoms with Crippen molar-refractivity contribution >= 4 is 33.2 Å². The largest absolute Gasteiger partial charge is 0.492 e. The summed E-state index contributed by atoms with van der Waals surface area (Å²) in [5.41, 5.74) is 0. The zero-order valence-corrected chi connectivity index (χ0v) is 15.3. The molecule has 22 heavy (non-hydrogen) atoms. The molecule has 0 N–H and O–H groups in total. The standard InChI is InChI=1S/C15H21Cl2NO3S/c1-4-21-14-6-13(17)15(7-12(14)16)22(19,20)18-8-10(2)5-11(3)9-18/h6-7,10-11H,4-5,8-9H2,1-3H3. The second kappa shape index (κ2) is 6.95. The van der Waals surface area contributed by atoms with Crippen LogP contribution in [0.2, 0.25) is 10.0 Å². The van der Waals surface area contributed by atoms with Crippen molar-refractivity contribution in [1.29, 1.82) is 0 Å². The Kier molecular flexibility index (Phi) is 5.64. The summed E-state index contributed by atoms with van der Waals surface area (Å²) >= 11 is 12.3. The Bertz CT molecular complexity index is 638. The first kappa shape index (κ1) is 17.9. The second-order valence-corrected chi connectivity index (χ2v) is 8.63. The summed E-state index contributed by atoms with van der Waals surface area (Å²) in [4.78, 5) is 0.0453. The van der Waals surface area contributed by atoms with Crippen LogP contribution in [-0.2, 0) is 10.0 Å². The van der Waals surface area contributed by atoms with Crippen LogP contribution in [0.15, 0.2) is 17.0 Å². The van der Waals surface area contributed by atoms with E-state index in [1.54, 1.807) is 0 Å². The maximum Gasteiger partial charge on any atom is 0.244 e. The topological polar surface area (TPSA) is 46.6 Å². The molecule has 0 saturated carbocycles. The normalized spacial score (nSPS) is 23.5. The minimum atomic E-state index is -3.65. The zero-order valence-electron chi connectivity index (χ0n) is 13.0. The SMILES string of the molecule is CCOc1cc(Cl)c(S(=O)(=O)N2CC(C)CC(C)C2)cc1Cl.